The summed E-state index contributed by atoms with van der Waals surface area (Å²) in [5, 5.41) is 5.98. The van der Waals surface area contributed by atoms with Gasteiger partial charge in [-0.2, -0.15) is 0 Å². The minimum Gasteiger partial charge on any atom is -0.324 e. The third-order valence-corrected chi connectivity index (χ3v) is 3.72. The van der Waals surface area contributed by atoms with Gasteiger partial charge in [-0.05, 0) is 37.6 Å². The topological polar surface area (TPSA) is 87.3 Å². The minimum absolute atomic E-state index is 0.0959. The van der Waals surface area contributed by atoms with Crippen molar-refractivity contribution < 1.29 is 13.2 Å². The molecule has 7 heteroatoms. The van der Waals surface area contributed by atoms with Crippen LogP contribution < -0.4 is 15.4 Å². The predicted molar refractivity (Wildman–Crippen MR) is 79.1 cm³/mol. The standard InChI is InChI=1S/C13H19N3O3S/c1-20(18,19)16-12-5-3-2-4-11(12)15-13(17)8-10-6-7-14-9-10/h2-5,10,14,16H,6-9H2,1H3,(H,15,17). The van der Waals surface area contributed by atoms with Crippen LogP contribution in [0.2, 0.25) is 0 Å². The van der Waals surface area contributed by atoms with Gasteiger partial charge in [-0.3, -0.25) is 9.52 Å². The molecule has 2 rings (SSSR count). The first-order chi connectivity index (χ1) is 9.44. The van der Waals surface area contributed by atoms with Crippen molar-refractivity contribution in [2.75, 3.05) is 29.4 Å². The number of sulfonamides is 1. The van der Waals surface area contributed by atoms with Crippen molar-refractivity contribution in [3.05, 3.63) is 24.3 Å². The van der Waals surface area contributed by atoms with E-state index in [4.69, 9.17) is 0 Å². The van der Waals surface area contributed by atoms with Gasteiger partial charge in [0.1, 0.15) is 0 Å². The number of hydrogen-bond donors (Lipinski definition) is 3. The molecule has 1 heterocycles. The van der Waals surface area contributed by atoms with E-state index in [0.29, 0.717) is 23.7 Å². The fourth-order valence-electron chi connectivity index (χ4n) is 2.23. The normalized spacial score (nSPS) is 18.8. The number of rotatable bonds is 5. The molecule has 1 aromatic rings. The molecule has 1 aromatic carbocycles. The van der Waals surface area contributed by atoms with Crippen LogP contribution in [0, 0.1) is 5.92 Å². The maximum Gasteiger partial charge on any atom is 0.229 e. The number of nitrogens with one attached hydrogen (secondary N) is 3. The highest BCUT2D eigenvalue weighted by Gasteiger charge is 2.18. The fourth-order valence-corrected chi connectivity index (χ4v) is 2.81. The quantitative estimate of drug-likeness (QED) is 0.756. The molecule has 6 nitrogen and oxygen atoms in total. The molecule has 1 unspecified atom stereocenters. The van der Waals surface area contributed by atoms with Gasteiger partial charge in [0, 0.05) is 6.42 Å². The van der Waals surface area contributed by atoms with Gasteiger partial charge in [0.25, 0.3) is 0 Å². The zero-order valence-corrected chi connectivity index (χ0v) is 12.2. The number of carbonyl (C=O) groups is 1. The zero-order chi connectivity index (χ0) is 14.6. The molecule has 1 aliphatic heterocycles. The van der Waals surface area contributed by atoms with E-state index < -0.39 is 10.0 Å². The SMILES string of the molecule is CS(=O)(=O)Nc1ccccc1NC(=O)CC1CCNC1. The molecule has 1 aliphatic rings. The fraction of sp³-hybridized carbons (Fsp3) is 0.462. The Labute approximate surface area is 119 Å². The second kappa shape index (κ2) is 6.23. The monoisotopic (exact) mass is 297 g/mol. The number of anilines is 2. The van der Waals surface area contributed by atoms with Crippen molar-refractivity contribution >= 4 is 27.3 Å². The van der Waals surface area contributed by atoms with E-state index >= 15 is 0 Å². The lowest BCUT2D eigenvalue weighted by atomic mass is 10.0. The molecule has 110 valence electrons. The van der Waals surface area contributed by atoms with Gasteiger partial charge in [0.2, 0.25) is 15.9 Å². The lowest BCUT2D eigenvalue weighted by Crippen LogP contribution is -2.19. The summed E-state index contributed by atoms with van der Waals surface area (Å²) in [6, 6.07) is 6.76. The average molecular weight is 297 g/mol. The summed E-state index contributed by atoms with van der Waals surface area (Å²) >= 11 is 0. The largest absolute Gasteiger partial charge is 0.324 e. The summed E-state index contributed by atoms with van der Waals surface area (Å²) in [5.41, 5.74) is 0.863. The highest BCUT2D eigenvalue weighted by atomic mass is 32.2. The summed E-state index contributed by atoms with van der Waals surface area (Å²) in [7, 11) is -3.37. The Hall–Kier alpha value is -1.60. The Balaban J connectivity index is 2.02. The molecule has 1 atom stereocenters. The number of carbonyl (C=O) groups excluding carboxylic acids is 1. The summed E-state index contributed by atoms with van der Waals surface area (Å²) in [4.78, 5) is 12.0. The van der Waals surface area contributed by atoms with Gasteiger partial charge < -0.3 is 10.6 Å². The van der Waals surface area contributed by atoms with Gasteiger partial charge in [-0.15, -0.1) is 0 Å². The Bertz CT molecular complexity index is 580. The first kappa shape index (κ1) is 14.8. The predicted octanol–water partition coefficient (Wildman–Crippen LogP) is 0.996. The van der Waals surface area contributed by atoms with Crippen molar-refractivity contribution in [1.29, 1.82) is 0 Å². The third kappa shape index (κ3) is 4.50. The molecule has 0 aromatic heterocycles. The second-order valence-corrected chi connectivity index (χ2v) is 6.78. The lowest BCUT2D eigenvalue weighted by molar-refractivity contribution is -0.116. The van der Waals surface area contributed by atoms with E-state index in [0.717, 1.165) is 25.8 Å². The first-order valence-electron chi connectivity index (χ1n) is 6.51. The highest BCUT2D eigenvalue weighted by molar-refractivity contribution is 7.92. The van der Waals surface area contributed by atoms with Crippen molar-refractivity contribution in [2.45, 2.75) is 12.8 Å². The van der Waals surface area contributed by atoms with E-state index in [1.807, 2.05) is 0 Å². The van der Waals surface area contributed by atoms with Crippen LogP contribution in [0.3, 0.4) is 0 Å². The molecule has 0 bridgehead atoms. The summed E-state index contributed by atoms with van der Waals surface area (Å²) in [5.74, 6) is 0.256. The summed E-state index contributed by atoms with van der Waals surface area (Å²) in [6.07, 6.45) is 2.52. The average Bonchev–Trinajstić information content (AvgIpc) is 2.82. The number of benzene rings is 1. The number of hydrogen-bond acceptors (Lipinski definition) is 4. The van der Waals surface area contributed by atoms with Gasteiger partial charge in [-0.1, -0.05) is 12.1 Å². The van der Waals surface area contributed by atoms with Crippen LogP contribution in [0.1, 0.15) is 12.8 Å². The molecule has 3 N–H and O–H groups in total. The Morgan fingerprint density at radius 2 is 2.05 bits per heavy atom. The minimum atomic E-state index is -3.37. The maximum atomic E-state index is 12.0. The molecule has 0 spiro atoms. The van der Waals surface area contributed by atoms with Gasteiger partial charge in [-0.25, -0.2) is 8.42 Å². The lowest BCUT2D eigenvalue weighted by Gasteiger charge is -2.13. The first-order valence-corrected chi connectivity index (χ1v) is 8.40. The van der Waals surface area contributed by atoms with E-state index in [2.05, 4.69) is 15.4 Å². The molecular formula is C13H19N3O3S. The third-order valence-electron chi connectivity index (χ3n) is 3.13. The Kier molecular flexibility index (Phi) is 4.61. The molecule has 0 radical (unpaired) electrons. The van der Waals surface area contributed by atoms with E-state index in [1.54, 1.807) is 24.3 Å². The smallest absolute Gasteiger partial charge is 0.229 e. The van der Waals surface area contributed by atoms with Crippen LogP contribution in [0.4, 0.5) is 11.4 Å². The molecule has 1 fully saturated rings. The zero-order valence-electron chi connectivity index (χ0n) is 11.3. The Morgan fingerprint density at radius 1 is 1.35 bits per heavy atom. The van der Waals surface area contributed by atoms with Crippen LogP contribution in [0.25, 0.3) is 0 Å². The van der Waals surface area contributed by atoms with Crippen LogP contribution in [-0.4, -0.2) is 33.7 Å². The molecular weight excluding hydrogens is 278 g/mol. The molecule has 0 aliphatic carbocycles. The van der Waals surface area contributed by atoms with Crippen molar-refractivity contribution in [3.63, 3.8) is 0 Å². The van der Waals surface area contributed by atoms with Gasteiger partial charge in [0.05, 0.1) is 17.6 Å². The molecule has 1 amide bonds. The van der Waals surface area contributed by atoms with Gasteiger partial charge >= 0.3 is 0 Å². The number of para-hydroxylation sites is 2. The Morgan fingerprint density at radius 3 is 2.65 bits per heavy atom. The van der Waals surface area contributed by atoms with Crippen LogP contribution >= 0.6 is 0 Å². The molecule has 1 saturated heterocycles. The van der Waals surface area contributed by atoms with Crippen LogP contribution in [0.5, 0.6) is 0 Å². The summed E-state index contributed by atoms with van der Waals surface area (Å²) < 4.78 is 25.0. The number of amides is 1. The van der Waals surface area contributed by atoms with Crippen LogP contribution in [-0.2, 0) is 14.8 Å². The van der Waals surface area contributed by atoms with Crippen molar-refractivity contribution in [2.24, 2.45) is 5.92 Å². The highest BCUT2D eigenvalue weighted by Crippen LogP contribution is 2.23. The summed E-state index contributed by atoms with van der Waals surface area (Å²) in [6.45, 7) is 1.81. The van der Waals surface area contributed by atoms with Crippen LogP contribution in [0.15, 0.2) is 24.3 Å². The molecule has 20 heavy (non-hydrogen) atoms. The van der Waals surface area contributed by atoms with E-state index in [-0.39, 0.29) is 5.91 Å². The van der Waals surface area contributed by atoms with E-state index in [9.17, 15) is 13.2 Å². The van der Waals surface area contributed by atoms with Gasteiger partial charge in [0.15, 0.2) is 0 Å². The second-order valence-electron chi connectivity index (χ2n) is 5.03. The van der Waals surface area contributed by atoms with E-state index in [1.165, 1.54) is 0 Å². The van der Waals surface area contributed by atoms with Crippen molar-refractivity contribution in [3.8, 4) is 0 Å². The van der Waals surface area contributed by atoms with Crippen molar-refractivity contribution in [1.82, 2.24) is 5.32 Å². The molecule has 0 saturated carbocycles. The maximum absolute atomic E-state index is 12.0.